The summed E-state index contributed by atoms with van der Waals surface area (Å²) in [6, 6.07) is 6.12. The number of aliphatic imine (C=N–C) groups is 1. The lowest BCUT2D eigenvalue weighted by atomic mass is 10.0. The Morgan fingerprint density at radius 3 is 2.81 bits per heavy atom. The van der Waals surface area contributed by atoms with Gasteiger partial charge in [0.05, 0.1) is 7.11 Å². The fourth-order valence-electron chi connectivity index (χ4n) is 3.40. The topological polar surface area (TPSA) is 69.1 Å². The van der Waals surface area contributed by atoms with Gasteiger partial charge in [-0.1, -0.05) is 12.5 Å². The average molecular weight is 363 g/mol. The Morgan fingerprint density at radius 1 is 1.31 bits per heavy atom. The minimum absolute atomic E-state index is 0.268. The number of aromatic hydroxyl groups is 1. The lowest BCUT2D eigenvalue weighted by molar-refractivity contribution is 0.159. The second kappa shape index (κ2) is 10.9. The molecule has 0 aliphatic carbocycles. The van der Waals surface area contributed by atoms with Crippen LogP contribution in [0.25, 0.3) is 0 Å². The van der Waals surface area contributed by atoms with Gasteiger partial charge in [-0.15, -0.1) is 0 Å². The molecule has 26 heavy (non-hydrogen) atoms. The van der Waals surface area contributed by atoms with Crippen molar-refractivity contribution in [3.05, 3.63) is 23.8 Å². The van der Waals surface area contributed by atoms with Gasteiger partial charge < -0.3 is 25.4 Å². The molecule has 2 rings (SSSR count). The fraction of sp³-hybridized carbons (Fsp3) is 0.650. The summed E-state index contributed by atoms with van der Waals surface area (Å²) in [5.41, 5.74) is 0.896. The SMILES string of the molecule is CN=C(NCCCN1CCCCC1C)NCCc1ccc(OC)cc1O. The minimum Gasteiger partial charge on any atom is -0.508 e. The third-order valence-electron chi connectivity index (χ3n) is 5.06. The number of hydrogen-bond acceptors (Lipinski definition) is 4. The monoisotopic (exact) mass is 362 g/mol. The van der Waals surface area contributed by atoms with Gasteiger partial charge in [0.1, 0.15) is 11.5 Å². The van der Waals surface area contributed by atoms with E-state index < -0.39 is 0 Å². The van der Waals surface area contributed by atoms with E-state index in [1.807, 2.05) is 12.1 Å². The molecular weight excluding hydrogens is 328 g/mol. The highest BCUT2D eigenvalue weighted by atomic mass is 16.5. The van der Waals surface area contributed by atoms with Crippen molar-refractivity contribution >= 4 is 5.96 Å². The van der Waals surface area contributed by atoms with Gasteiger partial charge >= 0.3 is 0 Å². The van der Waals surface area contributed by atoms with Gasteiger partial charge in [-0.2, -0.15) is 0 Å². The molecule has 1 aromatic carbocycles. The molecule has 0 amide bonds. The van der Waals surface area contributed by atoms with Crippen LogP contribution in [0, 0.1) is 0 Å². The van der Waals surface area contributed by atoms with Crippen molar-refractivity contribution in [2.24, 2.45) is 4.99 Å². The van der Waals surface area contributed by atoms with Crippen LogP contribution >= 0.6 is 0 Å². The van der Waals surface area contributed by atoms with E-state index in [9.17, 15) is 5.11 Å². The van der Waals surface area contributed by atoms with Crippen molar-refractivity contribution in [1.29, 1.82) is 0 Å². The molecule has 0 spiro atoms. The third kappa shape index (κ3) is 6.41. The van der Waals surface area contributed by atoms with E-state index in [0.29, 0.717) is 12.3 Å². The molecule has 1 saturated heterocycles. The van der Waals surface area contributed by atoms with E-state index in [-0.39, 0.29) is 5.75 Å². The maximum absolute atomic E-state index is 10.0. The summed E-state index contributed by atoms with van der Waals surface area (Å²) in [6.45, 7) is 6.34. The Bertz CT molecular complexity index is 577. The van der Waals surface area contributed by atoms with Gasteiger partial charge in [-0.3, -0.25) is 4.99 Å². The molecule has 6 nitrogen and oxygen atoms in total. The Hall–Kier alpha value is -1.95. The molecule has 3 N–H and O–H groups in total. The van der Waals surface area contributed by atoms with E-state index in [1.54, 1.807) is 20.2 Å². The Labute approximate surface area is 157 Å². The lowest BCUT2D eigenvalue weighted by Crippen LogP contribution is -2.41. The van der Waals surface area contributed by atoms with Crippen molar-refractivity contribution < 1.29 is 9.84 Å². The lowest BCUT2D eigenvalue weighted by Gasteiger charge is -2.33. The first kappa shape index (κ1) is 20.4. The zero-order valence-electron chi connectivity index (χ0n) is 16.4. The number of hydrogen-bond donors (Lipinski definition) is 3. The second-order valence-corrected chi connectivity index (χ2v) is 6.90. The normalized spacial score (nSPS) is 18.6. The number of piperidine rings is 1. The van der Waals surface area contributed by atoms with Gasteiger partial charge in [-0.25, -0.2) is 0 Å². The van der Waals surface area contributed by atoms with Crippen LogP contribution in [0.3, 0.4) is 0 Å². The number of rotatable bonds is 8. The highest BCUT2D eigenvalue weighted by Crippen LogP contribution is 2.23. The Kier molecular flexibility index (Phi) is 8.54. The summed E-state index contributed by atoms with van der Waals surface area (Å²) in [5, 5.41) is 16.7. The summed E-state index contributed by atoms with van der Waals surface area (Å²) < 4.78 is 5.11. The van der Waals surface area contributed by atoms with Crippen LogP contribution < -0.4 is 15.4 Å². The average Bonchev–Trinajstić information content (AvgIpc) is 2.66. The molecule has 6 heteroatoms. The molecule has 1 unspecified atom stereocenters. The van der Waals surface area contributed by atoms with Crippen molar-refractivity contribution in [2.75, 3.05) is 40.3 Å². The number of phenols is 1. The summed E-state index contributed by atoms with van der Waals surface area (Å²) in [6.07, 6.45) is 5.87. The molecule has 1 aromatic rings. The van der Waals surface area contributed by atoms with Gasteiger partial charge in [0.2, 0.25) is 0 Å². The number of phenolic OH excluding ortho intramolecular Hbond substituents is 1. The molecule has 0 saturated carbocycles. The molecule has 0 aromatic heterocycles. The van der Waals surface area contributed by atoms with Crippen LogP contribution in [0.1, 0.15) is 38.2 Å². The number of guanidine groups is 1. The van der Waals surface area contributed by atoms with Crippen LogP contribution in [-0.4, -0.2) is 62.3 Å². The zero-order valence-corrected chi connectivity index (χ0v) is 16.4. The van der Waals surface area contributed by atoms with Crippen LogP contribution in [-0.2, 0) is 6.42 Å². The summed E-state index contributed by atoms with van der Waals surface area (Å²) in [7, 11) is 3.38. The van der Waals surface area contributed by atoms with Crippen molar-refractivity contribution in [3.8, 4) is 11.5 Å². The number of benzene rings is 1. The van der Waals surface area contributed by atoms with Gasteiger partial charge in [0.15, 0.2) is 5.96 Å². The highest BCUT2D eigenvalue weighted by molar-refractivity contribution is 5.79. The molecular formula is C20H34N4O2. The molecule has 1 atom stereocenters. The van der Waals surface area contributed by atoms with E-state index in [0.717, 1.165) is 43.5 Å². The second-order valence-electron chi connectivity index (χ2n) is 6.90. The predicted octanol–water partition coefficient (Wildman–Crippen LogP) is 2.37. The Morgan fingerprint density at radius 2 is 2.12 bits per heavy atom. The van der Waals surface area contributed by atoms with Crippen molar-refractivity contribution in [3.63, 3.8) is 0 Å². The van der Waals surface area contributed by atoms with Crippen molar-refractivity contribution in [2.45, 2.75) is 45.1 Å². The summed E-state index contributed by atoms with van der Waals surface area (Å²) >= 11 is 0. The van der Waals surface area contributed by atoms with Gasteiger partial charge in [0.25, 0.3) is 0 Å². The van der Waals surface area contributed by atoms with Crippen molar-refractivity contribution in [1.82, 2.24) is 15.5 Å². The smallest absolute Gasteiger partial charge is 0.190 e. The first-order chi connectivity index (χ1) is 12.6. The van der Waals surface area contributed by atoms with Gasteiger partial charge in [0, 0.05) is 38.8 Å². The zero-order chi connectivity index (χ0) is 18.8. The number of likely N-dealkylation sites (tertiary alicyclic amines) is 1. The number of nitrogens with one attached hydrogen (secondary N) is 2. The van der Waals surface area contributed by atoms with E-state index >= 15 is 0 Å². The molecule has 0 radical (unpaired) electrons. The van der Waals surface area contributed by atoms with E-state index in [4.69, 9.17) is 4.74 Å². The third-order valence-corrected chi connectivity index (χ3v) is 5.06. The number of nitrogens with zero attached hydrogens (tertiary/aromatic N) is 2. The predicted molar refractivity (Wildman–Crippen MR) is 107 cm³/mol. The number of ether oxygens (including phenoxy) is 1. The molecule has 1 aliphatic rings. The largest absolute Gasteiger partial charge is 0.508 e. The van der Waals surface area contributed by atoms with Crippen LogP contribution in [0.15, 0.2) is 23.2 Å². The maximum atomic E-state index is 10.0. The van der Waals surface area contributed by atoms with Crippen LogP contribution in [0.4, 0.5) is 0 Å². The maximum Gasteiger partial charge on any atom is 0.190 e. The molecule has 146 valence electrons. The highest BCUT2D eigenvalue weighted by Gasteiger charge is 2.17. The number of methoxy groups -OCH3 is 1. The van der Waals surface area contributed by atoms with E-state index in [1.165, 1.54) is 25.8 Å². The molecule has 0 bridgehead atoms. The minimum atomic E-state index is 0.268. The van der Waals surface area contributed by atoms with Gasteiger partial charge in [-0.05, 0) is 50.8 Å². The molecule has 1 aliphatic heterocycles. The fourth-order valence-corrected chi connectivity index (χ4v) is 3.40. The van der Waals surface area contributed by atoms with Crippen LogP contribution in [0.2, 0.25) is 0 Å². The summed E-state index contributed by atoms with van der Waals surface area (Å²) in [5.74, 6) is 1.74. The van der Waals surface area contributed by atoms with E-state index in [2.05, 4.69) is 27.4 Å². The molecule has 1 heterocycles. The first-order valence-electron chi connectivity index (χ1n) is 9.68. The first-order valence-corrected chi connectivity index (χ1v) is 9.68. The van der Waals surface area contributed by atoms with Crippen LogP contribution in [0.5, 0.6) is 11.5 Å². The standard InChI is InChI=1S/C20H34N4O2/c1-16-7-4-5-13-24(16)14-6-11-22-20(21-2)23-12-10-17-8-9-18(26-3)15-19(17)25/h8-9,15-16,25H,4-7,10-14H2,1-3H3,(H2,21,22,23). The quantitative estimate of drug-likeness (QED) is 0.376. The Balaban J connectivity index is 1.64. The summed E-state index contributed by atoms with van der Waals surface area (Å²) in [4.78, 5) is 6.86. The molecule has 1 fully saturated rings.